The second-order valence-electron chi connectivity index (χ2n) is 2.03. The maximum Gasteiger partial charge on any atom is 0.241 e. The zero-order valence-corrected chi connectivity index (χ0v) is 5.44. The van der Waals surface area contributed by atoms with Crippen molar-refractivity contribution >= 4 is 13.8 Å². The molecule has 0 saturated heterocycles. The third-order valence-electron chi connectivity index (χ3n) is 1.04. The summed E-state index contributed by atoms with van der Waals surface area (Å²) >= 11 is 0. The average molecular weight is 147 g/mol. The molecule has 0 rings (SSSR count). The van der Waals surface area contributed by atoms with Crippen LogP contribution in [0.5, 0.6) is 0 Å². The van der Waals surface area contributed by atoms with Crippen LogP contribution in [0.15, 0.2) is 0 Å². The molecule has 2 N–H and O–H groups in total. The van der Waals surface area contributed by atoms with Crippen LogP contribution in [-0.4, -0.2) is 19.7 Å². The minimum Gasteiger partial charge on any atom is -0.370 e. The van der Waals surface area contributed by atoms with E-state index in [0.717, 1.165) is 0 Å². The largest absolute Gasteiger partial charge is 0.370 e. The van der Waals surface area contributed by atoms with Gasteiger partial charge in [-0.25, -0.2) is 8.78 Å². The third-order valence-corrected chi connectivity index (χ3v) is 1.04. The van der Waals surface area contributed by atoms with E-state index in [9.17, 15) is 13.6 Å². The van der Waals surface area contributed by atoms with Crippen LogP contribution in [0.2, 0.25) is 6.32 Å². The first-order valence-electron chi connectivity index (χ1n) is 2.84. The molecule has 10 heavy (non-hydrogen) atoms. The van der Waals surface area contributed by atoms with Crippen molar-refractivity contribution in [2.75, 3.05) is 0 Å². The summed E-state index contributed by atoms with van der Waals surface area (Å²) in [4.78, 5) is 10.0. The number of primary amides is 1. The maximum atomic E-state index is 12.2. The molecule has 0 spiro atoms. The number of carbonyl (C=O) groups is 1. The summed E-state index contributed by atoms with van der Waals surface area (Å²) < 4.78 is 24.4. The van der Waals surface area contributed by atoms with Crippen molar-refractivity contribution in [2.45, 2.75) is 25.1 Å². The fraction of sp³-hybridized carbons (Fsp3) is 0.800. The normalized spacial score (nSPS) is 11.4. The molecular weight excluding hydrogens is 139 g/mol. The maximum absolute atomic E-state index is 12.2. The van der Waals surface area contributed by atoms with Gasteiger partial charge in [-0.15, -0.1) is 0 Å². The Balaban J connectivity index is 3.56. The zero-order chi connectivity index (χ0) is 8.20. The molecule has 0 aromatic carbocycles. The minimum absolute atomic E-state index is 0.315. The summed E-state index contributed by atoms with van der Waals surface area (Å²) in [5.74, 6) is -3.68. The second kappa shape index (κ2) is 3.54. The van der Waals surface area contributed by atoms with Crippen molar-refractivity contribution in [1.82, 2.24) is 0 Å². The average Bonchev–Trinajstić information content (AvgIpc) is 1.85. The molecule has 0 aromatic rings. The SMILES string of the molecule is [B]CC(F)(F)CCC(N)=O. The van der Waals surface area contributed by atoms with E-state index in [-0.39, 0.29) is 6.42 Å². The smallest absolute Gasteiger partial charge is 0.241 e. The van der Waals surface area contributed by atoms with Gasteiger partial charge in [0.25, 0.3) is 0 Å². The number of hydrogen-bond acceptors (Lipinski definition) is 1. The summed E-state index contributed by atoms with van der Waals surface area (Å²) in [5.41, 5.74) is 4.64. The molecule has 0 unspecified atom stereocenters. The van der Waals surface area contributed by atoms with Gasteiger partial charge in [0.1, 0.15) is 0 Å². The molecule has 0 aliphatic rings. The highest BCUT2D eigenvalue weighted by Gasteiger charge is 2.25. The lowest BCUT2D eigenvalue weighted by atomic mass is 9.95. The Morgan fingerprint density at radius 2 is 2.10 bits per heavy atom. The molecule has 0 aliphatic carbocycles. The molecule has 0 fully saturated rings. The number of nitrogens with two attached hydrogens (primary N) is 1. The summed E-state index contributed by atoms with van der Waals surface area (Å²) in [6.45, 7) is 0. The molecule has 0 bridgehead atoms. The van der Waals surface area contributed by atoms with Gasteiger partial charge in [0.15, 0.2) is 0 Å². The van der Waals surface area contributed by atoms with Gasteiger partial charge in [-0.2, -0.15) is 0 Å². The molecule has 0 heterocycles. The van der Waals surface area contributed by atoms with Gasteiger partial charge < -0.3 is 5.73 Å². The molecule has 0 aromatic heterocycles. The van der Waals surface area contributed by atoms with Gasteiger partial charge in [-0.05, 0) is 6.32 Å². The van der Waals surface area contributed by atoms with E-state index in [4.69, 9.17) is 7.85 Å². The first-order valence-corrected chi connectivity index (χ1v) is 2.84. The van der Waals surface area contributed by atoms with Gasteiger partial charge in [-0.1, -0.05) is 0 Å². The Morgan fingerprint density at radius 3 is 2.40 bits per heavy atom. The molecule has 2 nitrogen and oxygen atoms in total. The quantitative estimate of drug-likeness (QED) is 0.577. The zero-order valence-electron chi connectivity index (χ0n) is 5.44. The van der Waals surface area contributed by atoms with Crippen molar-refractivity contribution in [1.29, 1.82) is 0 Å². The lowest BCUT2D eigenvalue weighted by molar-refractivity contribution is -0.119. The Bertz CT molecular complexity index is 129. The minimum atomic E-state index is -2.95. The predicted molar refractivity (Wildman–Crippen MR) is 33.9 cm³/mol. The van der Waals surface area contributed by atoms with Gasteiger partial charge in [-0.3, -0.25) is 4.79 Å². The van der Waals surface area contributed by atoms with Crippen LogP contribution in [0.1, 0.15) is 12.8 Å². The summed E-state index contributed by atoms with van der Waals surface area (Å²) in [7, 11) is 4.69. The second-order valence-corrected chi connectivity index (χ2v) is 2.03. The fourth-order valence-electron chi connectivity index (χ4n) is 0.408. The predicted octanol–water partition coefficient (Wildman–Crippen LogP) is 0.474. The van der Waals surface area contributed by atoms with Crippen LogP contribution in [0.3, 0.4) is 0 Å². The van der Waals surface area contributed by atoms with Crippen LogP contribution in [0.4, 0.5) is 8.78 Å². The van der Waals surface area contributed by atoms with Crippen molar-refractivity contribution in [3.63, 3.8) is 0 Å². The Hall–Kier alpha value is -0.605. The Morgan fingerprint density at radius 1 is 1.60 bits per heavy atom. The summed E-state index contributed by atoms with van der Waals surface area (Å²) in [6.07, 6.45) is -1.61. The third kappa shape index (κ3) is 4.29. The van der Waals surface area contributed by atoms with E-state index in [1.54, 1.807) is 0 Å². The highest BCUT2D eigenvalue weighted by atomic mass is 19.3. The first kappa shape index (κ1) is 9.39. The molecule has 5 heteroatoms. The van der Waals surface area contributed by atoms with E-state index in [0.29, 0.717) is 0 Å². The summed E-state index contributed by atoms with van der Waals surface area (Å²) in [6, 6.07) is 0. The van der Waals surface area contributed by atoms with Crippen LogP contribution in [0, 0.1) is 0 Å². The first-order chi connectivity index (χ1) is 4.48. The number of amides is 1. The number of alkyl halides is 2. The van der Waals surface area contributed by atoms with Crippen LogP contribution >= 0.6 is 0 Å². The summed E-state index contributed by atoms with van der Waals surface area (Å²) in [5, 5.41) is 0. The number of halogens is 2. The van der Waals surface area contributed by atoms with Crippen LogP contribution in [-0.2, 0) is 4.79 Å². The van der Waals surface area contributed by atoms with E-state index in [2.05, 4.69) is 5.73 Å². The van der Waals surface area contributed by atoms with Crippen molar-refractivity contribution in [3.8, 4) is 0 Å². The van der Waals surface area contributed by atoms with Crippen molar-refractivity contribution < 1.29 is 13.6 Å². The van der Waals surface area contributed by atoms with E-state index >= 15 is 0 Å². The number of hydrogen-bond donors (Lipinski definition) is 1. The highest BCUT2D eigenvalue weighted by molar-refractivity contribution is 6.09. The lowest BCUT2D eigenvalue weighted by Crippen LogP contribution is -2.19. The molecule has 56 valence electrons. The molecule has 1 amide bonds. The Labute approximate surface area is 59.2 Å². The molecule has 0 aliphatic heterocycles. The number of rotatable bonds is 4. The van der Waals surface area contributed by atoms with E-state index in [1.165, 1.54) is 0 Å². The van der Waals surface area contributed by atoms with Gasteiger partial charge in [0.05, 0.1) is 7.85 Å². The van der Waals surface area contributed by atoms with Crippen molar-refractivity contribution in [2.24, 2.45) is 5.73 Å². The van der Waals surface area contributed by atoms with Gasteiger partial charge in [0.2, 0.25) is 11.8 Å². The standard InChI is InChI=1S/C5H8BF2NO/c6-3-5(7,8)2-1-4(9)10/h1-3H2,(H2,9,10). The molecule has 0 saturated carbocycles. The topological polar surface area (TPSA) is 43.1 Å². The Kier molecular flexibility index (Phi) is 3.32. The van der Waals surface area contributed by atoms with Crippen LogP contribution in [0.25, 0.3) is 0 Å². The van der Waals surface area contributed by atoms with Gasteiger partial charge >= 0.3 is 0 Å². The van der Waals surface area contributed by atoms with E-state index in [1.807, 2.05) is 0 Å². The van der Waals surface area contributed by atoms with Crippen LogP contribution < -0.4 is 5.73 Å². The molecule has 0 atom stereocenters. The highest BCUT2D eigenvalue weighted by Crippen LogP contribution is 2.22. The fourth-order valence-corrected chi connectivity index (χ4v) is 0.408. The van der Waals surface area contributed by atoms with Crippen molar-refractivity contribution in [3.05, 3.63) is 0 Å². The molecular formula is C5H8BF2NO. The number of carbonyl (C=O) groups excluding carboxylic acids is 1. The van der Waals surface area contributed by atoms with E-state index < -0.39 is 24.6 Å². The van der Waals surface area contributed by atoms with Gasteiger partial charge in [0, 0.05) is 12.8 Å². The monoisotopic (exact) mass is 147 g/mol. The lowest BCUT2D eigenvalue weighted by Gasteiger charge is -2.11. The molecule has 2 radical (unpaired) electrons.